The SMILES string of the molecule is CN(C)C1CCN(CC(O)COc2ccc(-c3nc4ncc(Br)cc4[nH]3)cc2)C1. The molecule has 0 radical (unpaired) electrons. The number of likely N-dealkylation sites (tertiary alicyclic amines) is 1. The van der Waals surface area contributed by atoms with Crippen LogP contribution in [0.2, 0.25) is 0 Å². The molecular formula is C21H26BrN5O2. The zero-order chi connectivity index (χ0) is 20.4. The summed E-state index contributed by atoms with van der Waals surface area (Å²) in [5.41, 5.74) is 2.53. The number of nitrogens with zero attached hydrogens (tertiary/aromatic N) is 4. The van der Waals surface area contributed by atoms with Crippen LogP contribution in [0.3, 0.4) is 0 Å². The molecule has 2 unspecified atom stereocenters. The van der Waals surface area contributed by atoms with Crippen LogP contribution in [0.25, 0.3) is 22.6 Å². The van der Waals surface area contributed by atoms with E-state index >= 15 is 0 Å². The first-order valence-electron chi connectivity index (χ1n) is 9.79. The number of aromatic amines is 1. The smallest absolute Gasteiger partial charge is 0.178 e. The second-order valence-corrected chi connectivity index (χ2v) is 8.68. The number of aromatic nitrogens is 3. The molecule has 7 nitrogen and oxygen atoms in total. The largest absolute Gasteiger partial charge is 0.491 e. The van der Waals surface area contributed by atoms with E-state index in [2.05, 4.69) is 54.8 Å². The Morgan fingerprint density at radius 3 is 2.86 bits per heavy atom. The number of likely N-dealkylation sites (N-methyl/N-ethyl adjacent to an activating group) is 1. The molecule has 1 fully saturated rings. The Morgan fingerprint density at radius 1 is 1.34 bits per heavy atom. The van der Waals surface area contributed by atoms with Crippen LogP contribution in [-0.4, -0.2) is 82.3 Å². The van der Waals surface area contributed by atoms with Gasteiger partial charge in [0.05, 0.1) is 5.52 Å². The molecule has 3 aromatic rings. The van der Waals surface area contributed by atoms with Crippen molar-refractivity contribution in [2.24, 2.45) is 0 Å². The number of pyridine rings is 1. The molecule has 8 heteroatoms. The summed E-state index contributed by atoms with van der Waals surface area (Å²) in [6, 6.07) is 10.2. The van der Waals surface area contributed by atoms with Crippen LogP contribution in [0.15, 0.2) is 41.0 Å². The van der Waals surface area contributed by atoms with Crippen molar-refractivity contribution in [3.05, 3.63) is 41.0 Å². The van der Waals surface area contributed by atoms with Crippen LogP contribution in [0.5, 0.6) is 5.75 Å². The van der Waals surface area contributed by atoms with Crippen LogP contribution >= 0.6 is 15.9 Å². The fourth-order valence-corrected chi connectivity index (χ4v) is 3.99. The molecular weight excluding hydrogens is 434 g/mol. The molecule has 0 amide bonds. The molecule has 154 valence electrons. The number of H-pyrrole nitrogens is 1. The van der Waals surface area contributed by atoms with Crippen molar-refractivity contribution in [2.75, 3.05) is 40.3 Å². The van der Waals surface area contributed by atoms with E-state index in [1.165, 1.54) is 0 Å². The summed E-state index contributed by atoms with van der Waals surface area (Å²) in [7, 11) is 4.22. The van der Waals surface area contributed by atoms with E-state index in [-0.39, 0.29) is 6.61 Å². The zero-order valence-corrected chi connectivity index (χ0v) is 18.3. The number of fused-ring (bicyclic) bond motifs is 1. The zero-order valence-electron chi connectivity index (χ0n) is 16.7. The standard InChI is InChI=1S/C21H26BrN5O2/c1-26(2)16-7-8-27(11-16)12-17(28)13-29-18-5-3-14(4-6-18)20-24-19-9-15(22)10-23-21(19)25-20/h3-6,9-10,16-17,28H,7-8,11-13H2,1-2H3,(H,23,24,25). The molecule has 3 heterocycles. The van der Waals surface area contributed by atoms with Gasteiger partial charge in [0, 0.05) is 35.4 Å². The second-order valence-electron chi connectivity index (χ2n) is 7.77. The van der Waals surface area contributed by atoms with Crippen molar-refractivity contribution < 1.29 is 9.84 Å². The molecule has 1 aromatic carbocycles. The predicted octanol–water partition coefficient (Wildman–Crippen LogP) is 2.76. The number of aliphatic hydroxyl groups is 1. The lowest BCUT2D eigenvalue weighted by atomic mass is 10.2. The highest BCUT2D eigenvalue weighted by atomic mass is 79.9. The lowest BCUT2D eigenvalue weighted by Crippen LogP contribution is -2.37. The van der Waals surface area contributed by atoms with E-state index in [1.807, 2.05) is 30.3 Å². The van der Waals surface area contributed by atoms with Crippen LogP contribution in [-0.2, 0) is 0 Å². The van der Waals surface area contributed by atoms with E-state index in [9.17, 15) is 5.11 Å². The van der Waals surface area contributed by atoms with Crippen molar-refractivity contribution in [3.63, 3.8) is 0 Å². The van der Waals surface area contributed by atoms with E-state index < -0.39 is 6.10 Å². The van der Waals surface area contributed by atoms with Gasteiger partial charge >= 0.3 is 0 Å². The number of halogens is 1. The first kappa shape index (κ1) is 20.3. The number of rotatable bonds is 7. The molecule has 1 aliphatic rings. The fraction of sp³-hybridized carbons (Fsp3) is 0.429. The summed E-state index contributed by atoms with van der Waals surface area (Å²) in [6.45, 7) is 2.95. The number of imidazole rings is 1. The Labute approximate surface area is 178 Å². The number of benzene rings is 1. The van der Waals surface area contributed by atoms with Gasteiger partial charge in [-0.15, -0.1) is 0 Å². The maximum Gasteiger partial charge on any atom is 0.178 e. The van der Waals surface area contributed by atoms with Crippen LogP contribution in [0.1, 0.15) is 6.42 Å². The first-order valence-corrected chi connectivity index (χ1v) is 10.6. The van der Waals surface area contributed by atoms with Crippen molar-refractivity contribution >= 4 is 27.1 Å². The second kappa shape index (κ2) is 8.79. The number of nitrogens with one attached hydrogen (secondary N) is 1. The molecule has 4 rings (SSSR count). The highest BCUT2D eigenvalue weighted by Crippen LogP contribution is 2.23. The predicted molar refractivity (Wildman–Crippen MR) is 117 cm³/mol. The van der Waals surface area contributed by atoms with Crippen molar-refractivity contribution in [1.29, 1.82) is 0 Å². The van der Waals surface area contributed by atoms with Gasteiger partial charge in [-0.3, -0.25) is 4.90 Å². The van der Waals surface area contributed by atoms with E-state index in [4.69, 9.17) is 4.74 Å². The number of hydrogen-bond donors (Lipinski definition) is 2. The van der Waals surface area contributed by atoms with E-state index in [0.717, 1.165) is 46.6 Å². The summed E-state index contributed by atoms with van der Waals surface area (Å²) in [4.78, 5) is 16.7. The van der Waals surface area contributed by atoms with Crippen molar-refractivity contribution in [1.82, 2.24) is 24.8 Å². The lowest BCUT2D eigenvalue weighted by molar-refractivity contribution is 0.0739. The molecule has 0 spiro atoms. The van der Waals surface area contributed by atoms with Gasteiger partial charge in [-0.2, -0.15) is 0 Å². The maximum atomic E-state index is 10.3. The van der Waals surface area contributed by atoms with Gasteiger partial charge in [-0.25, -0.2) is 9.97 Å². The topological polar surface area (TPSA) is 77.5 Å². The Morgan fingerprint density at radius 2 is 2.14 bits per heavy atom. The monoisotopic (exact) mass is 459 g/mol. The number of ether oxygens (including phenoxy) is 1. The molecule has 2 atom stereocenters. The minimum atomic E-state index is -0.504. The normalized spacial score (nSPS) is 18.6. The highest BCUT2D eigenvalue weighted by molar-refractivity contribution is 9.10. The molecule has 1 aliphatic heterocycles. The summed E-state index contributed by atoms with van der Waals surface area (Å²) in [5.74, 6) is 1.50. The molecule has 0 bridgehead atoms. The Bertz CT molecular complexity index is 959. The third-order valence-corrected chi connectivity index (χ3v) is 5.75. The Kier molecular flexibility index (Phi) is 6.15. The van der Waals surface area contributed by atoms with Crippen molar-refractivity contribution in [3.8, 4) is 17.1 Å². The summed E-state index contributed by atoms with van der Waals surface area (Å²) in [5, 5.41) is 10.3. The minimum absolute atomic E-state index is 0.283. The number of aliphatic hydroxyl groups excluding tert-OH is 1. The van der Waals surface area contributed by atoms with Crippen LogP contribution in [0, 0.1) is 0 Å². The Hall–Kier alpha value is -2.00. The average molecular weight is 460 g/mol. The van der Waals surface area contributed by atoms with Gasteiger partial charge in [0.1, 0.15) is 24.3 Å². The maximum absolute atomic E-state index is 10.3. The van der Waals surface area contributed by atoms with Gasteiger partial charge in [0.25, 0.3) is 0 Å². The third kappa shape index (κ3) is 4.95. The van der Waals surface area contributed by atoms with Gasteiger partial charge < -0.3 is 19.7 Å². The number of β-amino-alcohol motifs (C(OH)–C–C–N with tert-alkyl or cyclic N) is 1. The minimum Gasteiger partial charge on any atom is -0.491 e. The molecule has 1 saturated heterocycles. The fourth-order valence-electron chi connectivity index (χ4n) is 3.66. The molecule has 2 aromatic heterocycles. The lowest BCUT2D eigenvalue weighted by Gasteiger charge is -2.22. The molecule has 29 heavy (non-hydrogen) atoms. The Balaban J connectivity index is 1.31. The molecule has 0 saturated carbocycles. The molecule has 0 aliphatic carbocycles. The average Bonchev–Trinajstić information content (AvgIpc) is 3.33. The number of hydrogen-bond acceptors (Lipinski definition) is 6. The summed E-state index contributed by atoms with van der Waals surface area (Å²) < 4.78 is 6.69. The van der Waals surface area contributed by atoms with Gasteiger partial charge in [-0.1, -0.05) is 0 Å². The van der Waals surface area contributed by atoms with E-state index in [1.54, 1.807) is 6.20 Å². The van der Waals surface area contributed by atoms with Gasteiger partial charge in [0.15, 0.2) is 5.65 Å². The first-order chi connectivity index (χ1) is 14.0. The van der Waals surface area contributed by atoms with Crippen LogP contribution in [0.4, 0.5) is 0 Å². The van der Waals surface area contributed by atoms with Gasteiger partial charge in [0.2, 0.25) is 0 Å². The van der Waals surface area contributed by atoms with Gasteiger partial charge in [-0.05, 0) is 73.3 Å². The third-order valence-electron chi connectivity index (χ3n) is 5.32. The quantitative estimate of drug-likeness (QED) is 0.565. The summed E-state index contributed by atoms with van der Waals surface area (Å²) >= 11 is 3.42. The van der Waals surface area contributed by atoms with Crippen LogP contribution < -0.4 is 4.74 Å². The van der Waals surface area contributed by atoms with E-state index in [0.29, 0.717) is 18.2 Å². The van der Waals surface area contributed by atoms with Crippen molar-refractivity contribution in [2.45, 2.75) is 18.6 Å². The summed E-state index contributed by atoms with van der Waals surface area (Å²) in [6.07, 6.45) is 2.38. The highest BCUT2D eigenvalue weighted by Gasteiger charge is 2.25. The molecule has 2 N–H and O–H groups in total.